The van der Waals surface area contributed by atoms with Crippen LogP contribution in [0.25, 0.3) is 71.0 Å². The second-order valence-corrected chi connectivity index (χ2v) is 8.95. The lowest BCUT2D eigenvalue weighted by molar-refractivity contribution is 0.669. The summed E-state index contributed by atoms with van der Waals surface area (Å²) in [5, 5.41) is 9.89. The van der Waals surface area contributed by atoms with E-state index in [0.717, 1.165) is 16.9 Å². The highest BCUT2D eigenvalue weighted by Gasteiger charge is 2.21. The summed E-state index contributed by atoms with van der Waals surface area (Å²) in [6.45, 7) is 0. The number of furan rings is 1. The van der Waals surface area contributed by atoms with E-state index in [1.165, 1.54) is 54.1 Å². The van der Waals surface area contributed by atoms with Gasteiger partial charge in [-0.05, 0) is 57.9 Å². The summed E-state index contributed by atoms with van der Waals surface area (Å²) < 4.78 is 8.82. The zero-order chi connectivity index (χ0) is 22.2. The van der Waals surface area contributed by atoms with Crippen LogP contribution in [0.3, 0.4) is 0 Å². The highest BCUT2D eigenvalue weighted by Crippen LogP contribution is 2.45. The fraction of sp³-hybridized carbons (Fsp3) is 0. The van der Waals surface area contributed by atoms with Gasteiger partial charge in [-0.2, -0.15) is 0 Å². The Morgan fingerprint density at radius 1 is 0.412 bits per heavy atom. The van der Waals surface area contributed by atoms with Crippen molar-refractivity contribution >= 4 is 65.3 Å². The van der Waals surface area contributed by atoms with Gasteiger partial charge in [0.2, 0.25) is 0 Å². The molecule has 0 saturated heterocycles. The summed E-state index contributed by atoms with van der Waals surface area (Å²) in [6.07, 6.45) is 0. The lowest BCUT2D eigenvalue weighted by Gasteiger charge is -2.07. The van der Waals surface area contributed by atoms with Gasteiger partial charge in [0.15, 0.2) is 0 Å². The third-order valence-electron chi connectivity index (χ3n) is 7.16. The molecule has 0 aliphatic heterocycles. The van der Waals surface area contributed by atoms with Crippen molar-refractivity contribution < 1.29 is 4.42 Å². The standard InChI is InChI=1S/C32H19NO/c1-2-10-22(11-3-1)33-25-16-14-20-8-4-6-12-23(20)29(25)31-26(33)17-19-28-32(31)30-24-13-7-5-9-21(24)15-18-27(30)34-28/h1-19H. The molecule has 34 heavy (non-hydrogen) atoms. The minimum Gasteiger partial charge on any atom is -0.456 e. The Morgan fingerprint density at radius 3 is 1.76 bits per heavy atom. The topological polar surface area (TPSA) is 18.1 Å². The van der Waals surface area contributed by atoms with Crippen molar-refractivity contribution in [1.29, 1.82) is 0 Å². The Bertz CT molecular complexity index is 2060. The zero-order valence-corrected chi connectivity index (χ0v) is 18.3. The number of benzene rings is 6. The minimum absolute atomic E-state index is 0.930. The Balaban J connectivity index is 1.73. The first-order chi connectivity index (χ1) is 16.9. The van der Waals surface area contributed by atoms with Crippen LogP contribution in [-0.4, -0.2) is 4.57 Å². The van der Waals surface area contributed by atoms with Crippen LogP contribution < -0.4 is 0 Å². The van der Waals surface area contributed by atoms with Crippen LogP contribution in [0.5, 0.6) is 0 Å². The number of fused-ring (bicyclic) bond motifs is 11. The predicted molar refractivity (Wildman–Crippen MR) is 143 cm³/mol. The Labute approximate surface area is 195 Å². The first-order valence-corrected chi connectivity index (χ1v) is 11.6. The molecule has 8 rings (SSSR count). The van der Waals surface area contributed by atoms with Crippen LogP contribution in [0.4, 0.5) is 0 Å². The lowest BCUT2D eigenvalue weighted by atomic mass is 9.98. The minimum atomic E-state index is 0.930. The first-order valence-electron chi connectivity index (χ1n) is 11.6. The molecule has 8 aromatic rings. The average molecular weight is 434 g/mol. The fourth-order valence-corrected chi connectivity index (χ4v) is 5.75. The van der Waals surface area contributed by atoms with Gasteiger partial charge in [-0.3, -0.25) is 0 Å². The van der Waals surface area contributed by atoms with Gasteiger partial charge in [0.1, 0.15) is 11.2 Å². The summed E-state index contributed by atoms with van der Waals surface area (Å²) >= 11 is 0. The average Bonchev–Trinajstić information content (AvgIpc) is 3.45. The van der Waals surface area contributed by atoms with E-state index >= 15 is 0 Å². The van der Waals surface area contributed by atoms with Gasteiger partial charge in [0.05, 0.1) is 11.0 Å². The van der Waals surface area contributed by atoms with Gasteiger partial charge in [0.25, 0.3) is 0 Å². The number of aromatic nitrogens is 1. The predicted octanol–water partition coefficient (Wildman–Crippen LogP) is 8.99. The fourth-order valence-electron chi connectivity index (χ4n) is 5.75. The molecule has 6 aromatic carbocycles. The van der Waals surface area contributed by atoms with Crippen molar-refractivity contribution in [3.8, 4) is 5.69 Å². The third-order valence-corrected chi connectivity index (χ3v) is 7.16. The van der Waals surface area contributed by atoms with E-state index in [1.54, 1.807) is 0 Å². The van der Waals surface area contributed by atoms with E-state index in [-0.39, 0.29) is 0 Å². The van der Waals surface area contributed by atoms with Crippen LogP contribution in [0.2, 0.25) is 0 Å². The van der Waals surface area contributed by atoms with E-state index < -0.39 is 0 Å². The summed E-state index contributed by atoms with van der Waals surface area (Å²) in [5.41, 5.74) is 5.43. The molecule has 0 radical (unpaired) electrons. The van der Waals surface area contributed by atoms with Crippen molar-refractivity contribution in [2.45, 2.75) is 0 Å². The highest BCUT2D eigenvalue weighted by atomic mass is 16.3. The molecule has 0 amide bonds. The molecule has 2 heteroatoms. The Morgan fingerprint density at radius 2 is 0.971 bits per heavy atom. The molecule has 0 bridgehead atoms. The largest absolute Gasteiger partial charge is 0.456 e. The second kappa shape index (κ2) is 6.49. The van der Waals surface area contributed by atoms with Crippen LogP contribution in [0.15, 0.2) is 120 Å². The van der Waals surface area contributed by atoms with Crippen LogP contribution in [-0.2, 0) is 0 Å². The van der Waals surface area contributed by atoms with E-state index in [0.29, 0.717) is 0 Å². The molecule has 2 aromatic heterocycles. The molecule has 2 nitrogen and oxygen atoms in total. The summed E-state index contributed by atoms with van der Waals surface area (Å²) in [6, 6.07) is 41.0. The smallest absolute Gasteiger partial charge is 0.136 e. The SMILES string of the molecule is c1ccc(-n2c3ccc4ccccc4c3c3c4c(ccc32)oc2ccc3ccccc3c24)cc1. The maximum Gasteiger partial charge on any atom is 0.136 e. The van der Waals surface area contributed by atoms with Gasteiger partial charge in [0, 0.05) is 27.2 Å². The number of hydrogen-bond donors (Lipinski definition) is 0. The highest BCUT2D eigenvalue weighted by molar-refractivity contribution is 6.35. The summed E-state index contributed by atoms with van der Waals surface area (Å²) in [7, 11) is 0. The van der Waals surface area contributed by atoms with E-state index in [1.807, 2.05) is 0 Å². The molecular formula is C32H19NO. The molecule has 158 valence electrons. The lowest BCUT2D eigenvalue weighted by Crippen LogP contribution is -1.92. The summed E-state index contributed by atoms with van der Waals surface area (Å²) in [4.78, 5) is 0. The normalized spacial score (nSPS) is 12.1. The first kappa shape index (κ1) is 17.9. The van der Waals surface area contributed by atoms with Gasteiger partial charge in [-0.25, -0.2) is 0 Å². The van der Waals surface area contributed by atoms with E-state index in [9.17, 15) is 0 Å². The van der Waals surface area contributed by atoms with Crippen molar-refractivity contribution in [3.63, 3.8) is 0 Å². The monoisotopic (exact) mass is 433 g/mol. The molecule has 0 atom stereocenters. The van der Waals surface area contributed by atoms with Gasteiger partial charge >= 0.3 is 0 Å². The number of rotatable bonds is 1. The van der Waals surface area contributed by atoms with Crippen LogP contribution in [0, 0.1) is 0 Å². The zero-order valence-electron chi connectivity index (χ0n) is 18.3. The van der Waals surface area contributed by atoms with Gasteiger partial charge < -0.3 is 8.98 Å². The number of hydrogen-bond acceptors (Lipinski definition) is 1. The van der Waals surface area contributed by atoms with Crippen LogP contribution in [0.1, 0.15) is 0 Å². The second-order valence-electron chi connectivity index (χ2n) is 8.95. The number of para-hydroxylation sites is 1. The van der Waals surface area contributed by atoms with Crippen molar-refractivity contribution in [2.75, 3.05) is 0 Å². The molecule has 0 spiro atoms. The molecule has 0 N–H and O–H groups in total. The van der Waals surface area contributed by atoms with Crippen molar-refractivity contribution in [3.05, 3.63) is 115 Å². The van der Waals surface area contributed by atoms with Crippen LogP contribution >= 0.6 is 0 Å². The molecule has 0 aliphatic carbocycles. The summed E-state index contributed by atoms with van der Waals surface area (Å²) in [5.74, 6) is 0. The van der Waals surface area contributed by atoms with Gasteiger partial charge in [-0.15, -0.1) is 0 Å². The van der Waals surface area contributed by atoms with Crippen molar-refractivity contribution in [2.24, 2.45) is 0 Å². The third kappa shape index (κ3) is 2.24. The number of nitrogens with zero attached hydrogens (tertiary/aromatic N) is 1. The molecule has 0 fully saturated rings. The molecule has 0 aliphatic rings. The Kier molecular flexibility index (Phi) is 3.42. The maximum absolute atomic E-state index is 6.44. The van der Waals surface area contributed by atoms with Crippen molar-refractivity contribution in [1.82, 2.24) is 4.57 Å². The molecule has 2 heterocycles. The maximum atomic E-state index is 6.44. The molecule has 0 saturated carbocycles. The van der Waals surface area contributed by atoms with E-state index in [2.05, 4.69) is 120 Å². The quantitative estimate of drug-likeness (QED) is 0.253. The molecular weight excluding hydrogens is 414 g/mol. The van der Waals surface area contributed by atoms with Gasteiger partial charge in [-0.1, -0.05) is 78.9 Å². The van der Waals surface area contributed by atoms with E-state index in [4.69, 9.17) is 4.42 Å². The molecule has 0 unspecified atom stereocenters. The Hall–Kier alpha value is -4.56.